The van der Waals surface area contributed by atoms with Gasteiger partial charge in [-0.25, -0.2) is 4.79 Å². The third-order valence-corrected chi connectivity index (χ3v) is 5.55. The van der Waals surface area contributed by atoms with E-state index in [1.165, 1.54) is 5.56 Å². The third-order valence-electron chi connectivity index (χ3n) is 5.55. The molecule has 25 heavy (non-hydrogen) atoms. The lowest BCUT2D eigenvalue weighted by atomic mass is 9.97. The van der Waals surface area contributed by atoms with E-state index in [1.807, 2.05) is 15.9 Å². The summed E-state index contributed by atoms with van der Waals surface area (Å²) < 4.78 is 0. The average Bonchev–Trinajstić information content (AvgIpc) is 3.09. The summed E-state index contributed by atoms with van der Waals surface area (Å²) in [4.78, 5) is 27.9. The van der Waals surface area contributed by atoms with Crippen LogP contribution in [0.5, 0.6) is 0 Å². The molecule has 2 heterocycles. The van der Waals surface area contributed by atoms with E-state index >= 15 is 0 Å². The molecule has 0 spiro atoms. The SMILES string of the molecule is CC(=O)N1CCC(CNC(=O)N2CCCC2Cc2ccccc2)CC1. The van der Waals surface area contributed by atoms with Crippen LogP contribution in [0.2, 0.25) is 0 Å². The molecule has 1 aromatic carbocycles. The van der Waals surface area contributed by atoms with Crippen molar-refractivity contribution in [2.45, 2.75) is 45.1 Å². The van der Waals surface area contributed by atoms with Gasteiger partial charge in [0, 0.05) is 39.1 Å². The summed E-state index contributed by atoms with van der Waals surface area (Å²) in [6.07, 6.45) is 5.06. The van der Waals surface area contributed by atoms with E-state index in [4.69, 9.17) is 0 Å². The Bertz CT molecular complexity index is 582. The molecule has 1 N–H and O–H groups in total. The van der Waals surface area contributed by atoms with Crippen LogP contribution < -0.4 is 5.32 Å². The van der Waals surface area contributed by atoms with Gasteiger partial charge < -0.3 is 15.1 Å². The number of likely N-dealkylation sites (tertiary alicyclic amines) is 2. The van der Waals surface area contributed by atoms with Crippen molar-refractivity contribution in [1.82, 2.24) is 15.1 Å². The fraction of sp³-hybridized carbons (Fsp3) is 0.600. The molecule has 0 aromatic heterocycles. The molecular formula is C20H29N3O2. The van der Waals surface area contributed by atoms with Gasteiger partial charge in [0.25, 0.3) is 0 Å². The van der Waals surface area contributed by atoms with E-state index in [1.54, 1.807) is 6.92 Å². The predicted octanol–water partition coefficient (Wildman–Crippen LogP) is 2.66. The van der Waals surface area contributed by atoms with E-state index in [2.05, 4.69) is 29.6 Å². The van der Waals surface area contributed by atoms with Crippen LogP contribution in [-0.2, 0) is 11.2 Å². The van der Waals surface area contributed by atoms with Gasteiger partial charge >= 0.3 is 6.03 Å². The van der Waals surface area contributed by atoms with Gasteiger partial charge in [-0.1, -0.05) is 30.3 Å². The lowest BCUT2D eigenvalue weighted by Crippen LogP contribution is -2.46. The summed E-state index contributed by atoms with van der Waals surface area (Å²) in [6.45, 7) is 4.83. The molecule has 0 radical (unpaired) electrons. The Morgan fingerprint density at radius 2 is 1.80 bits per heavy atom. The number of carbonyl (C=O) groups excluding carboxylic acids is 2. The number of urea groups is 1. The maximum absolute atomic E-state index is 12.6. The Labute approximate surface area is 150 Å². The van der Waals surface area contributed by atoms with Gasteiger partial charge in [-0.15, -0.1) is 0 Å². The van der Waals surface area contributed by atoms with Crippen molar-refractivity contribution in [3.8, 4) is 0 Å². The van der Waals surface area contributed by atoms with Gasteiger partial charge in [0.2, 0.25) is 5.91 Å². The molecule has 1 unspecified atom stereocenters. The smallest absolute Gasteiger partial charge is 0.317 e. The second kappa shape index (κ2) is 8.37. The molecule has 3 amide bonds. The number of carbonyl (C=O) groups is 2. The number of rotatable bonds is 4. The Balaban J connectivity index is 1.45. The first-order valence-electron chi connectivity index (χ1n) is 9.47. The number of benzene rings is 1. The van der Waals surface area contributed by atoms with Gasteiger partial charge in [0.1, 0.15) is 0 Å². The first kappa shape index (κ1) is 17.8. The normalized spacial score (nSPS) is 21.4. The van der Waals surface area contributed by atoms with Crippen LogP contribution in [0.15, 0.2) is 30.3 Å². The fourth-order valence-corrected chi connectivity index (χ4v) is 3.99. The first-order chi connectivity index (χ1) is 12.1. The molecule has 1 atom stereocenters. The third kappa shape index (κ3) is 4.74. The van der Waals surface area contributed by atoms with Crippen LogP contribution in [0.25, 0.3) is 0 Å². The molecule has 2 saturated heterocycles. The highest BCUT2D eigenvalue weighted by Gasteiger charge is 2.29. The molecule has 0 bridgehead atoms. The van der Waals surface area contributed by atoms with Gasteiger partial charge in [0.05, 0.1) is 0 Å². The summed E-state index contributed by atoms with van der Waals surface area (Å²) in [5, 5.41) is 3.14. The maximum atomic E-state index is 12.6. The molecule has 2 aliphatic rings. The number of nitrogens with one attached hydrogen (secondary N) is 1. The zero-order valence-electron chi connectivity index (χ0n) is 15.1. The molecule has 2 aliphatic heterocycles. The second-order valence-electron chi connectivity index (χ2n) is 7.31. The van der Waals surface area contributed by atoms with Crippen LogP contribution in [0.4, 0.5) is 4.79 Å². The van der Waals surface area contributed by atoms with Crippen molar-refractivity contribution in [2.24, 2.45) is 5.92 Å². The van der Waals surface area contributed by atoms with Crippen molar-refractivity contribution in [1.29, 1.82) is 0 Å². The minimum atomic E-state index is 0.0763. The Kier molecular flexibility index (Phi) is 5.95. The van der Waals surface area contributed by atoms with E-state index < -0.39 is 0 Å². The largest absolute Gasteiger partial charge is 0.343 e. The van der Waals surface area contributed by atoms with Gasteiger partial charge in [-0.05, 0) is 43.6 Å². The summed E-state index contributed by atoms with van der Waals surface area (Å²) in [6, 6.07) is 10.8. The minimum Gasteiger partial charge on any atom is -0.343 e. The molecule has 2 fully saturated rings. The van der Waals surface area contributed by atoms with Crippen LogP contribution in [0.1, 0.15) is 38.2 Å². The zero-order valence-corrected chi connectivity index (χ0v) is 15.1. The van der Waals surface area contributed by atoms with Crippen molar-refractivity contribution < 1.29 is 9.59 Å². The lowest BCUT2D eigenvalue weighted by molar-refractivity contribution is -0.130. The highest BCUT2D eigenvalue weighted by Crippen LogP contribution is 2.22. The quantitative estimate of drug-likeness (QED) is 0.914. The fourth-order valence-electron chi connectivity index (χ4n) is 3.99. The molecule has 0 saturated carbocycles. The number of nitrogens with zero attached hydrogens (tertiary/aromatic N) is 2. The van der Waals surface area contributed by atoms with Gasteiger partial charge in [0.15, 0.2) is 0 Å². The monoisotopic (exact) mass is 343 g/mol. The topological polar surface area (TPSA) is 52.7 Å². The summed E-state index contributed by atoms with van der Waals surface area (Å²) in [5.74, 6) is 0.637. The molecule has 1 aromatic rings. The molecule has 3 rings (SSSR count). The number of hydrogen-bond acceptors (Lipinski definition) is 2. The van der Waals surface area contributed by atoms with Crippen LogP contribution >= 0.6 is 0 Å². The number of amides is 3. The lowest BCUT2D eigenvalue weighted by Gasteiger charge is -2.32. The molecule has 5 nitrogen and oxygen atoms in total. The summed E-state index contributed by atoms with van der Waals surface area (Å²) >= 11 is 0. The number of hydrogen-bond donors (Lipinski definition) is 1. The van der Waals surface area contributed by atoms with Crippen LogP contribution in [0, 0.1) is 5.92 Å². The average molecular weight is 343 g/mol. The Hall–Kier alpha value is -2.04. The second-order valence-corrected chi connectivity index (χ2v) is 7.31. The molecule has 0 aliphatic carbocycles. The van der Waals surface area contributed by atoms with E-state index in [9.17, 15) is 9.59 Å². The number of piperidine rings is 1. The molecule has 136 valence electrons. The first-order valence-corrected chi connectivity index (χ1v) is 9.47. The van der Waals surface area contributed by atoms with Crippen LogP contribution in [-0.4, -0.2) is 54.0 Å². The minimum absolute atomic E-state index is 0.0763. The summed E-state index contributed by atoms with van der Waals surface area (Å²) in [5.41, 5.74) is 1.30. The van der Waals surface area contributed by atoms with E-state index in [-0.39, 0.29) is 11.9 Å². The maximum Gasteiger partial charge on any atom is 0.317 e. The van der Waals surface area contributed by atoms with Crippen molar-refractivity contribution in [3.63, 3.8) is 0 Å². The summed E-state index contributed by atoms with van der Waals surface area (Å²) in [7, 11) is 0. The van der Waals surface area contributed by atoms with E-state index in [0.29, 0.717) is 12.0 Å². The van der Waals surface area contributed by atoms with E-state index in [0.717, 1.165) is 58.3 Å². The highest BCUT2D eigenvalue weighted by molar-refractivity contribution is 5.75. The van der Waals surface area contributed by atoms with Gasteiger partial charge in [-0.2, -0.15) is 0 Å². The Morgan fingerprint density at radius 1 is 1.08 bits per heavy atom. The Morgan fingerprint density at radius 3 is 2.48 bits per heavy atom. The van der Waals surface area contributed by atoms with Crippen molar-refractivity contribution >= 4 is 11.9 Å². The zero-order chi connectivity index (χ0) is 17.6. The van der Waals surface area contributed by atoms with Crippen molar-refractivity contribution in [3.05, 3.63) is 35.9 Å². The van der Waals surface area contributed by atoms with Gasteiger partial charge in [-0.3, -0.25) is 4.79 Å². The molecular weight excluding hydrogens is 314 g/mol. The highest BCUT2D eigenvalue weighted by atomic mass is 16.2. The molecule has 5 heteroatoms. The van der Waals surface area contributed by atoms with Crippen molar-refractivity contribution in [2.75, 3.05) is 26.2 Å². The van der Waals surface area contributed by atoms with Crippen LogP contribution in [0.3, 0.4) is 0 Å². The standard InChI is InChI=1S/C20H29N3O2/c1-16(24)22-12-9-18(10-13-22)15-21-20(25)23-11-5-8-19(23)14-17-6-3-2-4-7-17/h2-4,6-7,18-19H,5,8-15H2,1H3,(H,21,25). The predicted molar refractivity (Wildman–Crippen MR) is 98.3 cm³/mol.